The topological polar surface area (TPSA) is 63.7 Å². The van der Waals surface area contributed by atoms with Crippen LogP contribution in [0.25, 0.3) is 0 Å². The van der Waals surface area contributed by atoms with E-state index in [1.54, 1.807) is 6.07 Å². The predicted octanol–water partition coefficient (Wildman–Crippen LogP) is 3.42. The summed E-state index contributed by atoms with van der Waals surface area (Å²) < 4.78 is 59.8. The van der Waals surface area contributed by atoms with Gasteiger partial charge in [-0.05, 0) is 55.2 Å². The van der Waals surface area contributed by atoms with E-state index < -0.39 is 39.7 Å². The molecule has 2 aromatic carbocycles. The molecular weight excluding hydrogens is 376 g/mol. The molecule has 1 heterocycles. The molecule has 0 amide bonds. The van der Waals surface area contributed by atoms with Gasteiger partial charge in [0, 0.05) is 0 Å². The average molecular weight is 395 g/mol. The summed E-state index contributed by atoms with van der Waals surface area (Å²) in [7, 11) is -3.05. The van der Waals surface area contributed by atoms with Crippen LogP contribution >= 0.6 is 0 Å². The Bertz CT molecular complexity index is 948. The van der Waals surface area contributed by atoms with Gasteiger partial charge in [-0.15, -0.1) is 0 Å². The van der Waals surface area contributed by atoms with Gasteiger partial charge in [0.1, 0.15) is 17.7 Å². The minimum absolute atomic E-state index is 0.264. The van der Waals surface area contributed by atoms with E-state index in [-0.39, 0.29) is 11.3 Å². The monoisotopic (exact) mass is 395 g/mol. The highest BCUT2D eigenvalue weighted by atomic mass is 32.2. The molecule has 0 unspecified atom stereocenters. The van der Waals surface area contributed by atoms with Gasteiger partial charge in [0.15, 0.2) is 0 Å². The van der Waals surface area contributed by atoms with Crippen LogP contribution in [0.3, 0.4) is 0 Å². The molecular formula is C19H19F2NO4S. The number of nitrogens with zero attached hydrogens (tertiary/aromatic N) is 1. The quantitative estimate of drug-likeness (QED) is 0.744. The van der Waals surface area contributed by atoms with Gasteiger partial charge in [-0.2, -0.15) is 4.31 Å². The number of sulfonamides is 1. The van der Waals surface area contributed by atoms with Crippen molar-refractivity contribution in [1.82, 2.24) is 4.31 Å². The highest BCUT2D eigenvalue weighted by molar-refractivity contribution is 7.89. The summed E-state index contributed by atoms with van der Waals surface area (Å²) in [5.74, 6) is -1.91. The molecule has 8 heteroatoms. The summed E-state index contributed by atoms with van der Waals surface area (Å²) in [6.45, 7) is 0. The minimum atomic E-state index is -4.23. The van der Waals surface area contributed by atoms with Crippen LogP contribution < -0.4 is 0 Å². The molecule has 1 saturated heterocycles. The Hall–Kier alpha value is -2.32. The third-order valence-electron chi connectivity index (χ3n) is 4.65. The molecule has 2 aromatic rings. The Labute approximate surface area is 156 Å². The number of esters is 1. The van der Waals surface area contributed by atoms with E-state index in [4.69, 9.17) is 4.74 Å². The number of piperidine rings is 1. The summed E-state index contributed by atoms with van der Waals surface area (Å²) in [6.07, 6.45) is 1.24. The molecule has 1 fully saturated rings. The Balaban J connectivity index is 2.14. The molecule has 27 heavy (non-hydrogen) atoms. The summed E-state index contributed by atoms with van der Waals surface area (Å²) in [5.41, 5.74) is 0.434. The van der Waals surface area contributed by atoms with Crippen molar-refractivity contribution in [3.63, 3.8) is 0 Å². The van der Waals surface area contributed by atoms with E-state index in [9.17, 15) is 22.0 Å². The fraction of sp³-hybridized carbons (Fsp3) is 0.316. The molecule has 1 aliphatic rings. The maximum atomic E-state index is 13.7. The van der Waals surface area contributed by atoms with Crippen LogP contribution in [0.15, 0.2) is 53.4 Å². The van der Waals surface area contributed by atoms with Crippen LogP contribution in [-0.2, 0) is 19.6 Å². The lowest BCUT2D eigenvalue weighted by Gasteiger charge is -2.39. The summed E-state index contributed by atoms with van der Waals surface area (Å²) >= 11 is 0. The van der Waals surface area contributed by atoms with Crippen molar-refractivity contribution in [3.8, 4) is 0 Å². The first-order valence-corrected chi connectivity index (χ1v) is 9.91. The van der Waals surface area contributed by atoms with Crippen molar-refractivity contribution in [1.29, 1.82) is 0 Å². The molecule has 3 rings (SSSR count). The largest absolute Gasteiger partial charge is 0.468 e. The predicted molar refractivity (Wildman–Crippen MR) is 94.2 cm³/mol. The number of carbonyl (C=O) groups excluding carboxylic acids is 1. The first kappa shape index (κ1) is 19.4. The van der Waals surface area contributed by atoms with Crippen LogP contribution in [0.4, 0.5) is 8.78 Å². The van der Waals surface area contributed by atoms with E-state index in [2.05, 4.69) is 0 Å². The molecule has 0 N–H and O–H groups in total. The van der Waals surface area contributed by atoms with Gasteiger partial charge >= 0.3 is 5.97 Å². The average Bonchev–Trinajstić information content (AvgIpc) is 2.66. The number of halogens is 2. The fourth-order valence-corrected chi connectivity index (χ4v) is 5.29. The van der Waals surface area contributed by atoms with E-state index >= 15 is 0 Å². The first-order chi connectivity index (χ1) is 12.8. The maximum Gasteiger partial charge on any atom is 0.324 e. The normalized spacial score (nSPS) is 21.0. The Kier molecular flexibility index (Phi) is 5.57. The van der Waals surface area contributed by atoms with E-state index in [0.717, 1.165) is 16.4 Å². The number of rotatable bonds is 4. The minimum Gasteiger partial charge on any atom is -0.468 e. The molecule has 2 atom stereocenters. The van der Waals surface area contributed by atoms with Gasteiger partial charge < -0.3 is 4.74 Å². The van der Waals surface area contributed by atoms with Crippen molar-refractivity contribution in [3.05, 3.63) is 65.7 Å². The Morgan fingerprint density at radius 1 is 1.07 bits per heavy atom. The summed E-state index contributed by atoms with van der Waals surface area (Å²) in [4.78, 5) is 12.0. The van der Waals surface area contributed by atoms with E-state index in [1.165, 1.54) is 37.4 Å². The number of benzene rings is 2. The lowest BCUT2D eigenvalue weighted by Crippen LogP contribution is -2.49. The van der Waals surface area contributed by atoms with Gasteiger partial charge in [-0.25, -0.2) is 17.2 Å². The van der Waals surface area contributed by atoms with E-state index in [0.29, 0.717) is 18.4 Å². The van der Waals surface area contributed by atoms with Gasteiger partial charge in [0.05, 0.1) is 18.0 Å². The van der Waals surface area contributed by atoms with Crippen molar-refractivity contribution >= 4 is 16.0 Å². The number of hydrogen-bond acceptors (Lipinski definition) is 4. The first-order valence-electron chi connectivity index (χ1n) is 8.47. The highest BCUT2D eigenvalue weighted by Gasteiger charge is 2.44. The van der Waals surface area contributed by atoms with Gasteiger partial charge in [0.25, 0.3) is 0 Å². The van der Waals surface area contributed by atoms with Crippen LogP contribution in [-0.4, -0.2) is 31.8 Å². The molecule has 1 aliphatic heterocycles. The van der Waals surface area contributed by atoms with Crippen molar-refractivity contribution in [2.75, 3.05) is 7.11 Å². The molecule has 0 aliphatic carbocycles. The zero-order chi connectivity index (χ0) is 19.6. The van der Waals surface area contributed by atoms with Crippen LogP contribution in [0, 0.1) is 11.6 Å². The number of carbonyl (C=O) groups is 1. The number of methoxy groups -OCH3 is 1. The van der Waals surface area contributed by atoms with Crippen LogP contribution in [0.1, 0.15) is 30.9 Å². The van der Waals surface area contributed by atoms with Gasteiger partial charge in [-0.3, -0.25) is 4.79 Å². The van der Waals surface area contributed by atoms with Gasteiger partial charge in [0.2, 0.25) is 10.0 Å². The molecule has 0 spiro atoms. The van der Waals surface area contributed by atoms with Crippen LogP contribution in [0.5, 0.6) is 0 Å². The summed E-state index contributed by atoms with van der Waals surface area (Å²) in [6, 6.07) is 8.38. The lowest BCUT2D eigenvalue weighted by molar-refractivity contribution is -0.147. The van der Waals surface area contributed by atoms with Crippen molar-refractivity contribution in [2.45, 2.75) is 36.2 Å². The molecule has 5 nitrogen and oxygen atoms in total. The molecule has 0 aromatic heterocycles. The second kappa shape index (κ2) is 7.74. The molecule has 144 valence electrons. The molecule has 0 saturated carbocycles. The smallest absolute Gasteiger partial charge is 0.324 e. The summed E-state index contributed by atoms with van der Waals surface area (Å²) in [5, 5.41) is 0. The van der Waals surface area contributed by atoms with Gasteiger partial charge in [-0.1, -0.05) is 18.2 Å². The van der Waals surface area contributed by atoms with Crippen LogP contribution in [0.2, 0.25) is 0 Å². The Morgan fingerprint density at radius 3 is 2.37 bits per heavy atom. The highest BCUT2D eigenvalue weighted by Crippen LogP contribution is 2.39. The lowest BCUT2D eigenvalue weighted by atomic mass is 9.93. The Morgan fingerprint density at radius 2 is 1.74 bits per heavy atom. The second-order valence-corrected chi connectivity index (χ2v) is 8.18. The van der Waals surface area contributed by atoms with Crippen molar-refractivity contribution in [2.24, 2.45) is 0 Å². The zero-order valence-corrected chi connectivity index (χ0v) is 15.5. The fourth-order valence-electron chi connectivity index (χ4n) is 3.45. The van der Waals surface area contributed by atoms with E-state index in [1.807, 2.05) is 0 Å². The zero-order valence-electron chi connectivity index (χ0n) is 14.6. The second-order valence-electron chi connectivity index (χ2n) is 6.33. The van der Waals surface area contributed by atoms with Crippen molar-refractivity contribution < 1.29 is 26.7 Å². The number of hydrogen-bond donors (Lipinski definition) is 0. The third kappa shape index (κ3) is 3.86. The standard InChI is InChI=1S/C19H19F2NO4S/c1-26-19(23)18-10-4-9-17(13-5-2-6-14(20)11-13)22(18)27(24,25)16-8-3-7-15(21)12-16/h2-3,5-8,11-12,17-18H,4,9-10H2,1H3/t17-,18+/m0/s1. The molecule has 0 bridgehead atoms. The SMILES string of the molecule is COC(=O)[C@H]1CCC[C@@H](c2cccc(F)c2)N1S(=O)(=O)c1cccc(F)c1. The third-order valence-corrected chi connectivity index (χ3v) is 6.56. The molecule has 0 radical (unpaired) electrons. The number of ether oxygens (including phenoxy) is 1. The maximum absolute atomic E-state index is 13.7.